The summed E-state index contributed by atoms with van der Waals surface area (Å²) in [5.41, 5.74) is 1.79. The van der Waals surface area contributed by atoms with Gasteiger partial charge in [0.15, 0.2) is 6.10 Å². The number of hydrogen-bond acceptors (Lipinski definition) is 6. The highest BCUT2D eigenvalue weighted by atomic mass is 16.7. The Morgan fingerprint density at radius 3 is 2.04 bits per heavy atom. The van der Waals surface area contributed by atoms with E-state index in [1.165, 1.54) is 0 Å². The van der Waals surface area contributed by atoms with E-state index in [-0.39, 0.29) is 0 Å². The molecule has 0 bridgehead atoms. The second kappa shape index (κ2) is 11.0. The van der Waals surface area contributed by atoms with Crippen molar-refractivity contribution in [2.45, 2.75) is 72.2 Å². The fourth-order valence-electron chi connectivity index (χ4n) is 2.21. The number of benzene rings is 1. The van der Waals surface area contributed by atoms with Crippen LogP contribution in [0.5, 0.6) is 5.75 Å². The van der Waals surface area contributed by atoms with E-state index in [9.17, 15) is 20.1 Å². The van der Waals surface area contributed by atoms with Crippen LogP contribution in [0, 0.1) is 13.8 Å². The van der Waals surface area contributed by atoms with Gasteiger partial charge < -0.3 is 29.9 Å². The summed E-state index contributed by atoms with van der Waals surface area (Å²) in [6.07, 6.45) is -8.01. The fraction of sp³-hybridized carbons (Fsp3) is 0.611. The maximum Gasteiger partial charge on any atom is 0.335 e. The Morgan fingerprint density at radius 2 is 1.56 bits per heavy atom. The largest absolute Gasteiger partial charge is 0.479 e. The van der Waals surface area contributed by atoms with Crippen molar-refractivity contribution < 1.29 is 34.7 Å². The minimum absolute atomic E-state index is 0.400. The van der Waals surface area contributed by atoms with Gasteiger partial charge in [-0.25, -0.2) is 4.79 Å². The van der Waals surface area contributed by atoms with Gasteiger partial charge in [-0.05, 0) is 25.5 Å². The van der Waals surface area contributed by atoms with Crippen LogP contribution in [0.1, 0.15) is 38.8 Å². The molecule has 1 aromatic carbocycles. The molecule has 0 aliphatic carbocycles. The lowest BCUT2D eigenvalue weighted by Gasteiger charge is -2.38. The molecule has 1 heterocycles. The number of aliphatic hydroxyl groups excluding tert-OH is 3. The van der Waals surface area contributed by atoms with Crippen molar-refractivity contribution in [3.05, 3.63) is 29.3 Å². The Kier molecular flexibility index (Phi) is 10.3. The summed E-state index contributed by atoms with van der Waals surface area (Å²) in [5, 5.41) is 38.1. The number of aliphatic hydroxyl groups is 3. The first kappa shape index (κ1) is 23.3. The lowest BCUT2D eigenvalue weighted by Crippen LogP contribution is -2.61. The molecular weight excluding hydrogens is 328 g/mol. The number of carboxylic acid groups (broad SMARTS) is 1. The highest BCUT2D eigenvalue weighted by molar-refractivity contribution is 5.73. The third-order valence-corrected chi connectivity index (χ3v) is 3.39. The molecule has 1 aliphatic rings. The van der Waals surface area contributed by atoms with E-state index < -0.39 is 36.7 Å². The average molecular weight is 358 g/mol. The number of carboxylic acids is 1. The van der Waals surface area contributed by atoms with Crippen LogP contribution >= 0.6 is 0 Å². The van der Waals surface area contributed by atoms with Gasteiger partial charge >= 0.3 is 5.97 Å². The highest BCUT2D eigenvalue weighted by Gasteiger charge is 2.48. The molecule has 4 N–H and O–H groups in total. The van der Waals surface area contributed by atoms with Gasteiger partial charge in [0, 0.05) is 0 Å². The Morgan fingerprint density at radius 1 is 1.00 bits per heavy atom. The SMILES string of the molecule is CC.CC.Cc1ccc(OC2OC(C(=O)O)C(O)C(O)C2O)c(C)c1. The molecule has 144 valence electrons. The number of carbonyl (C=O) groups is 1. The zero-order chi connectivity index (χ0) is 19.7. The molecule has 0 radical (unpaired) electrons. The van der Waals surface area contributed by atoms with Gasteiger partial charge in [0.2, 0.25) is 6.29 Å². The summed E-state index contributed by atoms with van der Waals surface area (Å²) in [7, 11) is 0. The molecule has 25 heavy (non-hydrogen) atoms. The topological polar surface area (TPSA) is 116 Å². The van der Waals surface area contributed by atoms with Crippen LogP contribution in [0.2, 0.25) is 0 Å². The second-order valence-corrected chi connectivity index (χ2v) is 5.12. The summed E-state index contributed by atoms with van der Waals surface area (Å²) < 4.78 is 10.5. The molecule has 5 atom stereocenters. The Bertz CT molecular complexity index is 532. The predicted molar refractivity (Wildman–Crippen MR) is 93.6 cm³/mol. The molecule has 0 spiro atoms. The molecule has 1 fully saturated rings. The number of aryl methyl sites for hydroxylation is 2. The van der Waals surface area contributed by atoms with Gasteiger partial charge in [0.25, 0.3) is 0 Å². The molecule has 1 aliphatic heterocycles. The summed E-state index contributed by atoms with van der Waals surface area (Å²) in [4.78, 5) is 11.0. The van der Waals surface area contributed by atoms with E-state index >= 15 is 0 Å². The summed E-state index contributed by atoms with van der Waals surface area (Å²) >= 11 is 0. The number of rotatable bonds is 3. The Hall–Kier alpha value is -1.67. The average Bonchev–Trinajstić information content (AvgIpc) is 2.60. The van der Waals surface area contributed by atoms with Gasteiger partial charge in [0.05, 0.1) is 0 Å². The van der Waals surface area contributed by atoms with Crippen LogP contribution in [0.3, 0.4) is 0 Å². The quantitative estimate of drug-likeness (QED) is 0.649. The van der Waals surface area contributed by atoms with Crippen molar-refractivity contribution in [2.24, 2.45) is 0 Å². The van der Waals surface area contributed by atoms with Crippen LogP contribution in [0.25, 0.3) is 0 Å². The number of aliphatic carboxylic acids is 1. The zero-order valence-corrected chi connectivity index (χ0v) is 15.6. The van der Waals surface area contributed by atoms with Gasteiger partial charge in [-0.3, -0.25) is 0 Å². The molecular formula is C18H30O7. The first-order chi connectivity index (χ1) is 11.8. The van der Waals surface area contributed by atoms with Crippen LogP contribution in [0.4, 0.5) is 0 Å². The van der Waals surface area contributed by atoms with Gasteiger partial charge in [-0.2, -0.15) is 0 Å². The van der Waals surface area contributed by atoms with E-state index in [0.29, 0.717) is 5.75 Å². The summed E-state index contributed by atoms with van der Waals surface area (Å²) in [5.74, 6) is -1.04. The van der Waals surface area contributed by atoms with Crippen molar-refractivity contribution in [2.75, 3.05) is 0 Å². The van der Waals surface area contributed by atoms with Crippen molar-refractivity contribution >= 4 is 5.97 Å². The molecule has 2 rings (SSSR count). The van der Waals surface area contributed by atoms with Gasteiger partial charge in [-0.1, -0.05) is 45.4 Å². The highest BCUT2D eigenvalue weighted by Crippen LogP contribution is 2.26. The maximum absolute atomic E-state index is 11.0. The molecule has 5 unspecified atom stereocenters. The molecule has 7 heteroatoms. The third kappa shape index (κ3) is 5.97. The fourth-order valence-corrected chi connectivity index (χ4v) is 2.21. The zero-order valence-electron chi connectivity index (χ0n) is 15.6. The van der Waals surface area contributed by atoms with E-state index in [1.54, 1.807) is 19.1 Å². The molecule has 0 aromatic heterocycles. The van der Waals surface area contributed by atoms with E-state index in [4.69, 9.17) is 14.6 Å². The molecule has 1 saturated heterocycles. The summed E-state index contributed by atoms with van der Waals surface area (Å²) in [6, 6.07) is 5.30. The maximum atomic E-state index is 11.0. The van der Waals surface area contributed by atoms with Gasteiger partial charge in [-0.15, -0.1) is 0 Å². The lowest BCUT2D eigenvalue weighted by molar-refractivity contribution is -0.271. The summed E-state index contributed by atoms with van der Waals surface area (Å²) in [6.45, 7) is 11.7. The molecule has 1 aromatic rings. The Balaban J connectivity index is 0.00000134. The molecule has 0 saturated carbocycles. The van der Waals surface area contributed by atoms with Crippen molar-refractivity contribution in [3.8, 4) is 5.75 Å². The third-order valence-electron chi connectivity index (χ3n) is 3.39. The minimum atomic E-state index is -1.73. The second-order valence-electron chi connectivity index (χ2n) is 5.12. The van der Waals surface area contributed by atoms with Crippen molar-refractivity contribution in [1.29, 1.82) is 0 Å². The lowest BCUT2D eigenvalue weighted by atomic mass is 9.99. The van der Waals surface area contributed by atoms with Crippen molar-refractivity contribution in [3.63, 3.8) is 0 Å². The minimum Gasteiger partial charge on any atom is -0.479 e. The monoisotopic (exact) mass is 358 g/mol. The van der Waals surface area contributed by atoms with Crippen molar-refractivity contribution in [1.82, 2.24) is 0 Å². The standard InChI is InChI=1S/C14H18O7.2C2H6/c1-6-3-4-8(7(2)5-6)20-14-11(17)9(15)10(16)12(21-14)13(18)19;2*1-2/h3-5,9-12,14-17H,1-2H3,(H,18,19);2*1-2H3. The van der Waals surface area contributed by atoms with E-state index in [1.807, 2.05) is 40.7 Å². The normalized spacial score (nSPS) is 28.0. The molecule has 7 nitrogen and oxygen atoms in total. The first-order valence-corrected chi connectivity index (χ1v) is 8.47. The van der Waals surface area contributed by atoms with E-state index in [2.05, 4.69) is 0 Å². The predicted octanol–water partition coefficient (Wildman–Crippen LogP) is 1.63. The number of hydrogen-bond donors (Lipinski definition) is 4. The van der Waals surface area contributed by atoms with Crippen LogP contribution in [0.15, 0.2) is 18.2 Å². The van der Waals surface area contributed by atoms with E-state index in [0.717, 1.165) is 11.1 Å². The van der Waals surface area contributed by atoms with Gasteiger partial charge in [0.1, 0.15) is 24.1 Å². The smallest absolute Gasteiger partial charge is 0.335 e. The van der Waals surface area contributed by atoms with Crippen LogP contribution in [-0.2, 0) is 9.53 Å². The Labute approximate surface area is 148 Å². The first-order valence-electron chi connectivity index (χ1n) is 8.47. The van der Waals surface area contributed by atoms with Crippen LogP contribution in [-0.4, -0.2) is 57.1 Å². The number of ether oxygens (including phenoxy) is 2. The van der Waals surface area contributed by atoms with Crippen LogP contribution < -0.4 is 4.74 Å². The molecule has 0 amide bonds.